The summed E-state index contributed by atoms with van der Waals surface area (Å²) in [5.41, 5.74) is 1.25. The van der Waals surface area contributed by atoms with E-state index < -0.39 is 12.1 Å². The summed E-state index contributed by atoms with van der Waals surface area (Å²) in [5, 5.41) is 14.5. The van der Waals surface area contributed by atoms with Crippen molar-refractivity contribution in [1.29, 1.82) is 0 Å². The van der Waals surface area contributed by atoms with Gasteiger partial charge < -0.3 is 20.1 Å². The topological polar surface area (TPSA) is 95.9 Å². The van der Waals surface area contributed by atoms with Crippen LogP contribution in [-0.2, 0) is 20.7 Å². The highest BCUT2D eigenvalue weighted by Gasteiger charge is 2.45. The number of likely N-dealkylation sites (tertiary alicyclic amines) is 1. The first-order valence-electron chi connectivity index (χ1n) is 11.5. The van der Waals surface area contributed by atoms with Gasteiger partial charge in [-0.1, -0.05) is 42.5 Å². The molecule has 0 bridgehead atoms. The van der Waals surface area contributed by atoms with E-state index in [0.717, 1.165) is 29.2 Å². The summed E-state index contributed by atoms with van der Waals surface area (Å²) < 4.78 is 5.59. The Morgan fingerprint density at radius 3 is 2.62 bits per heavy atom. The molecule has 2 heterocycles. The highest BCUT2D eigenvalue weighted by molar-refractivity contribution is 6.01. The number of Topliss-reactive ketones (excluding diaryl/α,β-unsaturated/α-hetero) is 1. The fourth-order valence-corrected chi connectivity index (χ4v) is 4.88. The number of aromatic hydroxyl groups is 1. The molecule has 2 fully saturated rings. The van der Waals surface area contributed by atoms with Crippen LogP contribution in [0.2, 0.25) is 0 Å². The lowest BCUT2D eigenvalue weighted by Crippen LogP contribution is -2.58. The third-order valence-corrected chi connectivity index (χ3v) is 6.62. The van der Waals surface area contributed by atoms with Gasteiger partial charge in [0.15, 0.2) is 5.78 Å². The SMILES string of the molecule is O=C(N[C@@H](Cc1ccc(O)cc1)C(=O)N1CCCC2OCC(=O)C21)c1ccc2ccccc2c1. The Labute approximate surface area is 197 Å². The lowest BCUT2D eigenvalue weighted by atomic mass is 9.95. The van der Waals surface area contributed by atoms with Gasteiger partial charge in [-0.3, -0.25) is 14.4 Å². The number of fused-ring (bicyclic) bond motifs is 2. The van der Waals surface area contributed by atoms with Gasteiger partial charge >= 0.3 is 0 Å². The summed E-state index contributed by atoms with van der Waals surface area (Å²) in [6.07, 6.45) is 1.44. The Morgan fingerprint density at radius 2 is 1.82 bits per heavy atom. The number of ether oxygens (including phenoxy) is 1. The highest BCUT2D eigenvalue weighted by Crippen LogP contribution is 2.27. The van der Waals surface area contributed by atoms with E-state index in [-0.39, 0.29) is 42.5 Å². The number of nitrogens with zero attached hydrogens (tertiary/aromatic N) is 1. The van der Waals surface area contributed by atoms with Gasteiger partial charge in [0.1, 0.15) is 24.4 Å². The zero-order valence-electron chi connectivity index (χ0n) is 18.6. The van der Waals surface area contributed by atoms with Crippen LogP contribution in [0.3, 0.4) is 0 Å². The van der Waals surface area contributed by atoms with Crippen molar-refractivity contribution < 1.29 is 24.2 Å². The van der Waals surface area contributed by atoms with Gasteiger partial charge in [0.2, 0.25) is 5.91 Å². The van der Waals surface area contributed by atoms with Crippen LogP contribution >= 0.6 is 0 Å². The van der Waals surface area contributed by atoms with E-state index in [1.54, 1.807) is 41.3 Å². The number of hydrogen-bond acceptors (Lipinski definition) is 5. The van der Waals surface area contributed by atoms with Gasteiger partial charge in [-0.25, -0.2) is 0 Å². The molecule has 0 saturated carbocycles. The van der Waals surface area contributed by atoms with E-state index in [9.17, 15) is 19.5 Å². The van der Waals surface area contributed by atoms with Crippen molar-refractivity contribution in [3.05, 3.63) is 77.9 Å². The minimum atomic E-state index is -0.865. The molecule has 174 valence electrons. The van der Waals surface area contributed by atoms with E-state index in [1.165, 1.54) is 0 Å². The number of carbonyl (C=O) groups excluding carboxylic acids is 3. The molecular weight excluding hydrogens is 432 g/mol. The van der Waals surface area contributed by atoms with Crippen LogP contribution < -0.4 is 5.32 Å². The molecule has 7 heteroatoms. The number of phenols is 1. The number of phenolic OH excluding ortho intramolecular Hbond substituents is 1. The Morgan fingerprint density at radius 1 is 1.06 bits per heavy atom. The molecule has 3 aromatic rings. The summed E-state index contributed by atoms with van der Waals surface area (Å²) >= 11 is 0. The van der Waals surface area contributed by atoms with E-state index >= 15 is 0 Å². The molecule has 2 saturated heterocycles. The van der Waals surface area contributed by atoms with Gasteiger partial charge in [0, 0.05) is 18.5 Å². The molecule has 2 amide bonds. The molecule has 3 aromatic carbocycles. The smallest absolute Gasteiger partial charge is 0.251 e. The Bertz CT molecular complexity index is 1240. The molecule has 2 aliphatic rings. The molecule has 7 nitrogen and oxygen atoms in total. The fraction of sp³-hybridized carbons (Fsp3) is 0.296. The number of piperidine rings is 1. The van der Waals surface area contributed by atoms with Crippen LogP contribution in [0.5, 0.6) is 5.75 Å². The number of hydrogen-bond donors (Lipinski definition) is 2. The first kappa shape index (κ1) is 22.1. The molecule has 0 aliphatic carbocycles. The van der Waals surface area contributed by atoms with Crippen LogP contribution in [0.1, 0.15) is 28.8 Å². The van der Waals surface area contributed by atoms with Crippen LogP contribution in [-0.4, -0.2) is 58.9 Å². The third kappa shape index (κ3) is 4.39. The van der Waals surface area contributed by atoms with E-state index in [2.05, 4.69) is 5.32 Å². The Balaban J connectivity index is 1.42. The molecule has 2 unspecified atom stereocenters. The van der Waals surface area contributed by atoms with E-state index in [4.69, 9.17) is 4.74 Å². The molecular formula is C27H26N2O5. The van der Waals surface area contributed by atoms with Crippen LogP contribution in [0.15, 0.2) is 66.7 Å². The highest BCUT2D eigenvalue weighted by atomic mass is 16.5. The molecule has 5 rings (SSSR count). The van der Waals surface area contributed by atoms with Crippen molar-refractivity contribution >= 4 is 28.4 Å². The van der Waals surface area contributed by atoms with Gasteiger partial charge in [-0.05, 0) is 53.4 Å². The summed E-state index contributed by atoms with van der Waals surface area (Å²) in [6.45, 7) is 0.470. The second kappa shape index (κ2) is 9.27. The first-order valence-corrected chi connectivity index (χ1v) is 11.5. The number of amides is 2. The predicted molar refractivity (Wildman–Crippen MR) is 126 cm³/mol. The predicted octanol–water partition coefficient (Wildman–Crippen LogP) is 2.85. The summed E-state index contributed by atoms with van der Waals surface area (Å²) in [6, 6.07) is 18.3. The van der Waals surface area contributed by atoms with Crippen LogP contribution in [0.4, 0.5) is 0 Å². The summed E-state index contributed by atoms with van der Waals surface area (Å²) in [5.74, 6) is -0.622. The second-order valence-electron chi connectivity index (χ2n) is 8.89. The van der Waals surface area contributed by atoms with Gasteiger partial charge in [-0.15, -0.1) is 0 Å². The Hall–Kier alpha value is -3.71. The van der Waals surface area contributed by atoms with Crippen molar-refractivity contribution in [3.63, 3.8) is 0 Å². The monoisotopic (exact) mass is 458 g/mol. The number of rotatable bonds is 5. The zero-order chi connectivity index (χ0) is 23.7. The van der Waals surface area contributed by atoms with Gasteiger partial charge in [0.05, 0.1) is 6.10 Å². The van der Waals surface area contributed by atoms with Crippen LogP contribution in [0.25, 0.3) is 10.8 Å². The summed E-state index contributed by atoms with van der Waals surface area (Å²) in [7, 11) is 0. The standard InChI is InChI=1S/C27H26N2O5/c30-21-11-7-17(8-12-21)14-22(27(33)29-13-3-6-24-25(29)23(31)16-34-24)28-26(32)20-10-9-18-4-1-2-5-19(18)15-20/h1-2,4-5,7-12,15,22,24-25,30H,3,6,13-14,16H2,(H,28,32)/t22-,24?,25?/m0/s1. The summed E-state index contributed by atoms with van der Waals surface area (Å²) in [4.78, 5) is 41.0. The maximum absolute atomic E-state index is 13.7. The maximum Gasteiger partial charge on any atom is 0.251 e. The number of ketones is 1. The average molecular weight is 459 g/mol. The number of carbonyl (C=O) groups is 3. The van der Waals surface area contributed by atoms with Crippen molar-refractivity contribution in [3.8, 4) is 5.75 Å². The molecule has 2 N–H and O–H groups in total. The second-order valence-corrected chi connectivity index (χ2v) is 8.89. The minimum absolute atomic E-state index is 0.0190. The molecule has 0 aromatic heterocycles. The largest absolute Gasteiger partial charge is 0.508 e. The molecule has 2 aliphatic heterocycles. The molecule has 34 heavy (non-hydrogen) atoms. The zero-order valence-corrected chi connectivity index (χ0v) is 18.6. The van der Waals surface area contributed by atoms with Crippen molar-refractivity contribution in [2.75, 3.05) is 13.2 Å². The lowest BCUT2D eigenvalue weighted by molar-refractivity contribution is -0.142. The third-order valence-electron chi connectivity index (χ3n) is 6.62. The molecule has 0 spiro atoms. The quantitative estimate of drug-likeness (QED) is 0.613. The van der Waals surface area contributed by atoms with Crippen molar-refractivity contribution in [2.45, 2.75) is 37.5 Å². The van der Waals surface area contributed by atoms with Crippen molar-refractivity contribution in [1.82, 2.24) is 10.2 Å². The van der Waals surface area contributed by atoms with Gasteiger partial charge in [0.25, 0.3) is 5.91 Å². The van der Waals surface area contributed by atoms with E-state index in [1.807, 2.05) is 30.3 Å². The van der Waals surface area contributed by atoms with E-state index in [0.29, 0.717) is 12.1 Å². The first-order chi connectivity index (χ1) is 16.5. The average Bonchev–Trinajstić information content (AvgIpc) is 3.25. The normalized spacial score (nSPS) is 20.7. The fourth-order valence-electron chi connectivity index (χ4n) is 4.88. The maximum atomic E-state index is 13.7. The molecule has 0 radical (unpaired) electrons. The lowest BCUT2D eigenvalue weighted by Gasteiger charge is -2.37. The Kier molecular flexibility index (Phi) is 6.02. The van der Waals surface area contributed by atoms with Crippen LogP contribution in [0, 0.1) is 0 Å². The number of benzene rings is 3. The number of nitrogens with one attached hydrogen (secondary N) is 1. The van der Waals surface area contributed by atoms with Gasteiger partial charge in [-0.2, -0.15) is 0 Å². The minimum Gasteiger partial charge on any atom is -0.508 e. The molecule has 3 atom stereocenters. The van der Waals surface area contributed by atoms with Crippen molar-refractivity contribution in [2.24, 2.45) is 0 Å².